The van der Waals surface area contributed by atoms with Gasteiger partial charge in [0.15, 0.2) is 0 Å². The van der Waals surface area contributed by atoms with Gasteiger partial charge < -0.3 is 30.5 Å². The van der Waals surface area contributed by atoms with Crippen LogP contribution in [-0.4, -0.2) is 63.3 Å². The number of nitrogens with two attached hydrogens (primary N) is 1. The second-order valence-corrected chi connectivity index (χ2v) is 12.7. The number of carbonyl (C=O) groups is 1. The van der Waals surface area contributed by atoms with E-state index in [4.69, 9.17) is 25.3 Å². The number of benzene rings is 2. The molecule has 0 spiro atoms. The van der Waals surface area contributed by atoms with Crippen molar-refractivity contribution in [2.45, 2.75) is 33.3 Å². The van der Waals surface area contributed by atoms with E-state index in [1.54, 1.807) is 31.5 Å². The molecule has 4 heterocycles. The summed E-state index contributed by atoms with van der Waals surface area (Å²) >= 11 is 0. The number of nitrogens with zero attached hydrogens (tertiary/aromatic N) is 5. The van der Waals surface area contributed by atoms with Crippen LogP contribution in [-0.2, 0) is 17.8 Å². The molecule has 246 valence electrons. The predicted molar refractivity (Wildman–Crippen MR) is 185 cm³/mol. The number of piperidine rings is 1. The van der Waals surface area contributed by atoms with Gasteiger partial charge in [0.05, 0.1) is 35.8 Å². The van der Waals surface area contributed by atoms with Gasteiger partial charge in [-0.3, -0.25) is 0 Å². The second-order valence-electron chi connectivity index (χ2n) is 12.7. The fourth-order valence-electron chi connectivity index (χ4n) is 6.76. The van der Waals surface area contributed by atoms with E-state index in [0.29, 0.717) is 54.9 Å². The maximum absolute atomic E-state index is 13.0. The molecule has 1 amide bonds. The van der Waals surface area contributed by atoms with Gasteiger partial charge in [0.2, 0.25) is 5.88 Å². The van der Waals surface area contributed by atoms with Gasteiger partial charge in [-0.15, -0.1) is 0 Å². The average Bonchev–Trinajstić information content (AvgIpc) is 3.40. The molecule has 1 aliphatic carbocycles. The molecule has 0 radical (unpaired) electrons. The number of fused-ring (bicyclic) bond motifs is 2. The van der Waals surface area contributed by atoms with Crippen LogP contribution in [0.25, 0.3) is 16.6 Å². The van der Waals surface area contributed by atoms with Gasteiger partial charge >= 0.3 is 6.09 Å². The fraction of sp³-hybridized carbons (Fsp3) is 0.297. The number of anilines is 1. The number of hydrogen-bond donors (Lipinski definition) is 3. The maximum atomic E-state index is 13.0. The highest BCUT2D eigenvalue weighted by atomic mass is 16.6. The summed E-state index contributed by atoms with van der Waals surface area (Å²) < 4.78 is 12.8. The first kappa shape index (κ1) is 31.0. The van der Waals surface area contributed by atoms with Crippen molar-refractivity contribution in [3.05, 3.63) is 102 Å². The number of hydrogen-bond acceptors (Lipinski definition) is 8. The normalized spacial score (nSPS) is 18.5. The van der Waals surface area contributed by atoms with E-state index in [-0.39, 0.29) is 23.9 Å². The SMILES string of the molecule is CCc1cc(O)ccc1N=C(N)c1cnn2cc(-c3cnc(OC)cc3C)cc2c1NC[C@@]12C[C@@H]1CN(C(=O)OCc1ccccc1)C2. The Balaban J connectivity index is 1.19. The number of phenols is 1. The number of amidine groups is 1. The van der Waals surface area contributed by atoms with Crippen LogP contribution in [0.2, 0.25) is 0 Å². The Bertz CT molecular complexity index is 2030. The number of aromatic hydroxyl groups is 1. The van der Waals surface area contributed by atoms with Crippen LogP contribution < -0.4 is 15.8 Å². The zero-order chi connectivity index (χ0) is 33.4. The lowest BCUT2D eigenvalue weighted by Crippen LogP contribution is -2.34. The maximum Gasteiger partial charge on any atom is 0.410 e. The van der Waals surface area contributed by atoms with Crippen LogP contribution in [0.15, 0.2) is 84.2 Å². The summed E-state index contributed by atoms with van der Waals surface area (Å²) in [7, 11) is 1.60. The fourth-order valence-corrected chi connectivity index (χ4v) is 6.76. The van der Waals surface area contributed by atoms with Crippen LogP contribution in [0.5, 0.6) is 11.6 Å². The Morgan fingerprint density at radius 1 is 1.17 bits per heavy atom. The van der Waals surface area contributed by atoms with E-state index < -0.39 is 0 Å². The Labute approximate surface area is 279 Å². The molecule has 2 aliphatic rings. The number of aryl methyl sites for hydroxylation is 2. The third-order valence-electron chi connectivity index (χ3n) is 9.59. The molecule has 11 heteroatoms. The molecule has 4 N–H and O–H groups in total. The Morgan fingerprint density at radius 2 is 2.00 bits per heavy atom. The lowest BCUT2D eigenvalue weighted by atomic mass is 10.0. The minimum absolute atomic E-state index is 0.0621. The van der Waals surface area contributed by atoms with Crippen molar-refractivity contribution in [1.82, 2.24) is 19.5 Å². The number of methoxy groups -OCH3 is 1. The number of carbonyl (C=O) groups excluding carboxylic acids is 1. The van der Waals surface area contributed by atoms with Gasteiger partial charge in [-0.05, 0) is 66.6 Å². The largest absolute Gasteiger partial charge is 0.508 e. The van der Waals surface area contributed by atoms with Gasteiger partial charge in [-0.25, -0.2) is 19.3 Å². The highest BCUT2D eigenvalue weighted by Crippen LogP contribution is 2.58. The van der Waals surface area contributed by atoms with Crippen LogP contribution in [0.3, 0.4) is 0 Å². The topological polar surface area (TPSA) is 140 Å². The van der Waals surface area contributed by atoms with E-state index in [9.17, 15) is 9.90 Å². The molecule has 2 aromatic carbocycles. The lowest BCUT2D eigenvalue weighted by molar-refractivity contribution is 0.0983. The van der Waals surface area contributed by atoms with E-state index in [2.05, 4.69) is 16.4 Å². The molecule has 2 atom stereocenters. The first-order valence-electron chi connectivity index (χ1n) is 16.1. The van der Waals surface area contributed by atoms with Crippen molar-refractivity contribution in [2.75, 3.05) is 32.1 Å². The third-order valence-corrected chi connectivity index (χ3v) is 9.59. The number of rotatable bonds is 10. The molecular weight excluding hydrogens is 606 g/mol. The van der Waals surface area contributed by atoms with E-state index in [0.717, 1.165) is 45.4 Å². The second kappa shape index (κ2) is 12.6. The van der Waals surface area contributed by atoms with Crippen molar-refractivity contribution >= 4 is 28.8 Å². The molecule has 11 nitrogen and oxygen atoms in total. The van der Waals surface area contributed by atoms with Crippen molar-refractivity contribution < 1.29 is 19.4 Å². The van der Waals surface area contributed by atoms with Gasteiger partial charge in [-0.2, -0.15) is 5.10 Å². The first-order chi connectivity index (χ1) is 23.3. The van der Waals surface area contributed by atoms with Crippen LogP contribution in [0.4, 0.5) is 16.2 Å². The molecule has 0 unspecified atom stereocenters. The zero-order valence-corrected chi connectivity index (χ0v) is 27.3. The monoisotopic (exact) mass is 645 g/mol. The smallest absolute Gasteiger partial charge is 0.410 e. The number of aromatic nitrogens is 3. The minimum atomic E-state index is -0.283. The molecule has 1 aliphatic heterocycles. The number of likely N-dealkylation sites (tertiary alicyclic amines) is 1. The Hall–Kier alpha value is -5.58. The summed E-state index contributed by atoms with van der Waals surface area (Å²) in [5.74, 6) is 1.44. The van der Waals surface area contributed by atoms with E-state index in [1.165, 1.54) is 0 Å². The van der Waals surface area contributed by atoms with E-state index >= 15 is 0 Å². The van der Waals surface area contributed by atoms with Crippen molar-refractivity contribution in [3.63, 3.8) is 0 Å². The molecule has 7 rings (SSSR count). The molecular formula is C37H39N7O4. The van der Waals surface area contributed by atoms with E-state index in [1.807, 2.05) is 72.1 Å². The van der Waals surface area contributed by atoms with Gasteiger partial charge in [-0.1, -0.05) is 37.3 Å². The highest BCUT2D eigenvalue weighted by Gasteiger charge is 2.60. The summed E-state index contributed by atoms with van der Waals surface area (Å²) in [6.07, 6.45) is 6.94. The zero-order valence-electron chi connectivity index (χ0n) is 27.3. The van der Waals surface area contributed by atoms with Crippen LogP contribution in [0, 0.1) is 18.3 Å². The predicted octanol–water partition coefficient (Wildman–Crippen LogP) is 6.09. The van der Waals surface area contributed by atoms with Gasteiger partial charge in [0.1, 0.15) is 18.2 Å². The highest BCUT2D eigenvalue weighted by molar-refractivity contribution is 6.06. The van der Waals surface area contributed by atoms with Crippen molar-refractivity contribution in [1.29, 1.82) is 0 Å². The summed E-state index contributed by atoms with van der Waals surface area (Å²) in [6, 6.07) is 18.8. The molecule has 48 heavy (non-hydrogen) atoms. The molecule has 0 bridgehead atoms. The number of aliphatic imine (C=N–C) groups is 1. The quantitative estimate of drug-likeness (QED) is 0.123. The molecule has 1 saturated carbocycles. The summed E-state index contributed by atoms with van der Waals surface area (Å²) in [5.41, 5.74) is 14.5. The molecule has 3 aromatic heterocycles. The molecule has 2 fully saturated rings. The number of ether oxygens (including phenoxy) is 2. The van der Waals surface area contributed by atoms with Crippen LogP contribution in [0.1, 0.15) is 35.6 Å². The molecule has 5 aromatic rings. The molecule has 1 saturated heterocycles. The number of amides is 1. The first-order valence-corrected chi connectivity index (χ1v) is 16.1. The minimum Gasteiger partial charge on any atom is -0.508 e. The van der Waals surface area contributed by atoms with Crippen molar-refractivity contribution in [2.24, 2.45) is 22.1 Å². The number of nitrogens with one attached hydrogen (secondary N) is 1. The lowest BCUT2D eigenvalue weighted by Gasteiger charge is -2.22. The third kappa shape index (κ3) is 5.99. The Kier molecular flexibility index (Phi) is 8.12. The van der Waals surface area contributed by atoms with Gasteiger partial charge in [0, 0.05) is 54.6 Å². The number of pyridine rings is 1. The standard InChI is InChI=1S/C37H39N7O4/c1-4-25-13-28(45)10-11-31(25)42-35(38)30-17-41-44-18-26(29-16-39-33(47-3)12-23(29)2)14-32(44)34(30)40-21-37-15-27(37)19-43(22-37)36(46)48-20-24-8-6-5-7-9-24/h5-14,16-18,27,40,45H,4,15,19-22H2,1-3H3,(H2,38,42)/t27-,37-/m1/s1. The summed E-state index contributed by atoms with van der Waals surface area (Å²) in [6.45, 7) is 6.23. The Morgan fingerprint density at radius 3 is 2.77 bits per heavy atom. The van der Waals surface area contributed by atoms with Gasteiger partial charge in [0.25, 0.3) is 0 Å². The number of phenolic OH excluding ortho intramolecular Hbond substituents is 1. The summed E-state index contributed by atoms with van der Waals surface area (Å²) in [5, 5.41) is 18.5. The average molecular weight is 646 g/mol. The van der Waals surface area contributed by atoms with Crippen LogP contribution >= 0.6 is 0 Å². The summed E-state index contributed by atoms with van der Waals surface area (Å²) in [4.78, 5) is 24.0. The van der Waals surface area contributed by atoms with Crippen molar-refractivity contribution in [3.8, 4) is 22.8 Å².